The molecule has 0 saturated heterocycles. The van der Waals surface area contributed by atoms with Gasteiger partial charge in [0.1, 0.15) is 6.04 Å². The van der Waals surface area contributed by atoms with Crippen LogP contribution < -0.4 is 11.1 Å². The van der Waals surface area contributed by atoms with E-state index in [-0.39, 0.29) is 18.1 Å². The molecule has 0 bridgehead atoms. The largest absolute Gasteiger partial charge is 0.368 e. The standard InChI is InChI=1S/C21H20N2O3S/c22-20(24)19(13-14-27(26)16-9-2-1-3-10-16)23-21(25)18-12-6-8-15-7-4-5-11-17(15)18/h1-12,19H,13-14H2,(H2,22,24)(H,23,25)/t19-,27-/m0/s1. The summed E-state index contributed by atoms with van der Waals surface area (Å²) < 4.78 is 12.3. The lowest BCUT2D eigenvalue weighted by Crippen LogP contribution is -2.45. The lowest BCUT2D eigenvalue weighted by molar-refractivity contribution is -0.119. The minimum absolute atomic E-state index is 0.202. The van der Waals surface area contributed by atoms with E-state index in [0.29, 0.717) is 10.5 Å². The van der Waals surface area contributed by atoms with Crippen molar-refractivity contribution in [2.45, 2.75) is 17.4 Å². The van der Waals surface area contributed by atoms with Gasteiger partial charge >= 0.3 is 0 Å². The highest BCUT2D eigenvalue weighted by Crippen LogP contribution is 2.18. The summed E-state index contributed by atoms with van der Waals surface area (Å²) in [6.07, 6.45) is 0.202. The van der Waals surface area contributed by atoms with E-state index in [0.717, 1.165) is 10.8 Å². The maximum Gasteiger partial charge on any atom is 0.252 e. The van der Waals surface area contributed by atoms with E-state index in [1.54, 1.807) is 36.4 Å². The minimum atomic E-state index is -1.26. The third kappa shape index (κ3) is 4.60. The van der Waals surface area contributed by atoms with Gasteiger partial charge in [-0.1, -0.05) is 54.6 Å². The third-order valence-electron chi connectivity index (χ3n) is 4.28. The van der Waals surface area contributed by atoms with Gasteiger partial charge in [-0.2, -0.15) is 0 Å². The second kappa shape index (κ2) is 8.60. The number of hydrogen-bond donors (Lipinski definition) is 2. The fourth-order valence-corrected chi connectivity index (χ4v) is 4.01. The maximum atomic E-state index is 12.7. The average Bonchev–Trinajstić information content (AvgIpc) is 2.70. The first-order valence-electron chi connectivity index (χ1n) is 8.57. The van der Waals surface area contributed by atoms with Crippen LogP contribution in [0.1, 0.15) is 16.8 Å². The van der Waals surface area contributed by atoms with Gasteiger partial charge in [0.2, 0.25) is 5.91 Å². The fourth-order valence-electron chi connectivity index (χ4n) is 2.86. The molecule has 6 heteroatoms. The summed E-state index contributed by atoms with van der Waals surface area (Å²) in [4.78, 5) is 25.2. The van der Waals surface area contributed by atoms with Gasteiger partial charge in [-0.25, -0.2) is 0 Å². The molecule has 0 saturated carbocycles. The molecule has 3 N–H and O–H groups in total. The van der Waals surface area contributed by atoms with Gasteiger partial charge in [0.15, 0.2) is 0 Å². The number of amides is 2. The highest BCUT2D eigenvalue weighted by Gasteiger charge is 2.21. The van der Waals surface area contributed by atoms with Crippen molar-refractivity contribution in [3.8, 4) is 0 Å². The van der Waals surface area contributed by atoms with Gasteiger partial charge in [-0.15, -0.1) is 0 Å². The second-order valence-electron chi connectivity index (χ2n) is 6.11. The summed E-state index contributed by atoms with van der Waals surface area (Å²) in [5, 5.41) is 4.42. The molecule has 0 heterocycles. The van der Waals surface area contributed by atoms with E-state index in [2.05, 4.69) is 5.32 Å². The van der Waals surface area contributed by atoms with Crippen LogP contribution in [0.25, 0.3) is 10.8 Å². The van der Waals surface area contributed by atoms with Crippen molar-refractivity contribution >= 4 is 33.4 Å². The van der Waals surface area contributed by atoms with Gasteiger partial charge in [-0.3, -0.25) is 13.8 Å². The first-order chi connectivity index (χ1) is 13.1. The van der Waals surface area contributed by atoms with Crippen molar-refractivity contribution < 1.29 is 13.8 Å². The normalized spacial score (nSPS) is 13.0. The molecule has 0 aliphatic rings. The first-order valence-corrected chi connectivity index (χ1v) is 9.89. The summed E-state index contributed by atoms with van der Waals surface area (Å²) in [6, 6.07) is 21.1. The van der Waals surface area contributed by atoms with Crippen molar-refractivity contribution in [3.63, 3.8) is 0 Å². The second-order valence-corrected chi connectivity index (χ2v) is 7.68. The number of primary amides is 1. The predicted molar refractivity (Wildman–Crippen MR) is 107 cm³/mol. The molecule has 0 aliphatic heterocycles. The van der Waals surface area contributed by atoms with Crippen LogP contribution in [-0.2, 0) is 15.6 Å². The number of carbonyl (C=O) groups is 2. The molecule has 0 spiro atoms. The third-order valence-corrected chi connectivity index (χ3v) is 5.69. The highest BCUT2D eigenvalue weighted by molar-refractivity contribution is 7.85. The molecule has 2 atom stereocenters. The monoisotopic (exact) mass is 380 g/mol. The minimum Gasteiger partial charge on any atom is -0.368 e. The zero-order chi connectivity index (χ0) is 19.2. The van der Waals surface area contributed by atoms with Crippen LogP contribution >= 0.6 is 0 Å². The van der Waals surface area contributed by atoms with E-state index in [4.69, 9.17) is 5.73 Å². The number of rotatable bonds is 7. The summed E-state index contributed by atoms with van der Waals surface area (Å²) in [5.74, 6) is -0.789. The van der Waals surface area contributed by atoms with Crippen LogP contribution in [0.5, 0.6) is 0 Å². The molecule has 138 valence electrons. The Bertz CT molecular complexity index is 984. The van der Waals surface area contributed by atoms with E-state index in [9.17, 15) is 13.8 Å². The smallest absolute Gasteiger partial charge is 0.252 e. The molecule has 3 rings (SSSR count). The van der Waals surface area contributed by atoms with Gasteiger partial charge < -0.3 is 11.1 Å². The number of nitrogens with one attached hydrogen (secondary N) is 1. The lowest BCUT2D eigenvalue weighted by atomic mass is 10.0. The molecule has 5 nitrogen and oxygen atoms in total. The number of carbonyl (C=O) groups excluding carboxylic acids is 2. The zero-order valence-corrected chi connectivity index (χ0v) is 15.4. The topological polar surface area (TPSA) is 89.3 Å². The highest BCUT2D eigenvalue weighted by atomic mass is 32.2. The Morgan fingerprint density at radius 2 is 1.59 bits per heavy atom. The van der Waals surface area contributed by atoms with Crippen LogP contribution in [-0.4, -0.2) is 27.8 Å². The Labute approximate surface area is 160 Å². The molecular formula is C21H20N2O3S. The zero-order valence-electron chi connectivity index (χ0n) is 14.6. The molecule has 0 fully saturated rings. The predicted octanol–water partition coefficient (Wildman–Crippen LogP) is 2.62. The van der Waals surface area contributed by atoms with E-state index in [1.807, 2.05) is 36.4 Å². The van der Waals surface area contributed by atoms with Crippen molar-refractivity contribution in [2.24, 2.45) is 5.73 Å². The molecule has 0 unspecified atom stereocenters. The van der Waals surface area contributed by atoms with E-state index in [1.165, 1.54) is 0 Å². The maximum absolute atomic E-state index is 12.7. The Morgan fingerprint density at radius 3 is 2.33 bits per heavy atom. The molecule has 3 aromatic carbocycles. The van der Waals surface area contributed by atoms with Crippen molar-refractivity contribution in [1.29, 1.82) is 0 Å². The van der Waals surface area contributed by atoms with Gasteiger partial charge in [0.25, 0.3) is 5.91 Å². The molecule has 27 heavy (non-hydrogen) atoms. The quantitative estimate of drug-likeness (QED) is 0.660. The van der Waals surface area contributed by atoms with Gasteiger partial charge in [0, 0.05) is 16.2 Å². The van der Waals surface area contributed by atoms with Crippen LogP contribution in [0.15, 0.2) is 77.7 Å². The lowest BCUT2D eigenvalue weighted by Gasteiger charge is -2.16. The van der Waals surface area contributed by atoms with Crippen molar-refractivity contribution in [2.75, 3.05) is 5.75 Å². The molecule has 0 aliphatic carbocycles. The summed E-state index contributed by atoms with van der Waals surface area (Å²) in [5.41, 5.74) is 5.92. The first kappa shape index (κ1) is 18.8. The fraction of sp³-hybridized carbons (Fsp3) is 0.143. The Balaban J connectivity index is 1.71. The molecule has 0 radical (unpaired) electrons. The molecule has 3 aromatic rings. The number of nitrogens with two attached hydrogens (primary N) is 1. The van der Waals surface area contributed by atoms with Gasteiger partial charge in [-0.05, 0) is 35.4 Å². The average molecular weight is 380 g/mol. The number of fused-ring (bicyclic) bond motifs is 1. The van der Waals surface area contributed by atoms with Crippen LogP contribution in [0.2, 0.25) is 0 Å². The van der Waals surface area contributed by atoms with E-state index < -0.39 is 22.7 Å². The Morgan fingerprint density at radius 1 is 0.926 bits per heavy atom. The molecule has 2 amide bonds. The van der Waals surface area contributed by atoms with Crippen LogP contribution in [0.3, 0.4) is 0 Å². The molecule has 0 aromatic heterocycles. The number of benzene rings is 3. The SMILES string of the molecule is NC(=O)[C@H](CC[S@](=O)c1ccccc1)NC(=O)c1cccc2ccccc12. The number of hydrogen-bond acceptors (Lipinski definition) is 3. The van der Waals surface area contributed by atoms with E-state index >= 15 is 0 Å². The molecular weight excluding hydrogens is 360 g/mol. The van der Waals surface area contributed by atoms with Crippen LogP contribution in [0, 0.1) is 0 Å². The Hall–Kier alpha value is -2.99. The van der Waals surface area contributed by atoms with Crippen molar-refractivity contribution in [1.82, 2.24) is 5.32 Å². The summed E-state index contributed by atoms with van der Waals surface area (Å²) >= 11 is 0. The summed E-state index contributed by atoms with van der Waals surface area (Å²) in [6.45, 7) is 0. The van der Waals surface area contributed by atoms with Crippen LogP contribution in [0.4, 0.5) is 0 Å². The van der Waals surface area contributed by atoms with Crippen molar-refractivity contribution in [3.05, 3.63) is 78.4 Å². The Kier molecular flexibility index (Phi) is 5.98. The van der Waals surface area contributed by atoms with Gasteiger partial charge in [0.05, 0.1) is 10.8 Å². The summed E-state index contributed by atoms with van der Waals surface area (Å²) in [7, 11) is -1.26.